The molecule has 1 unspecified atom stereocenters. The Bertz CT molecular complexity index is 661. The topological polar surface area (TPSA) is 136 Å². The van der Waals surface area contributed by atoms with Gasteiger partial charge in [-0.15, -0.1) is 0 Å². The molecule has 0 radical (unpaired) electrons. The van der Waals surface area contributed by atoms with Gasteiger partial charge < -0.3 is 21.9 Å². The van der Waals surface area contributed by atoms with Crippen LogP contribution in [0.1, 0.15) is 39.2 Å². The molecular weight excluding hydrogens is 370 g/mol. The second-order valence-corrected chi connectivity index (χ2v) is 7.84. The van der Waals surface area contributed by atoms with E-state index in [1.54, 1.807) is 13.8 Å². The number of amides is 1. The van der Waals surface area contributed by atoms with Crippen LogP contribution in [0.4, 0.5) is 0 Å². The standard InChI is InChI=1S/C22H35N3O4/c1-14(2)21(28)19(9-10-23)25-22(29)18(15(3)26)12-20(27)17(13-24)11-16-7-5-4-6-8-16/h4-8,14-15,17-19,26H,9-13,23-24H2,1-3H3,(H,25,29)/t15-,17?,18-,19-/m0/s1. The molecule has 1 aromatic rings. The summed E-state index contributed by atoms with van der Waals surface area (Å²) < 4.78 is 0. The zero-order chi connectivity index (χ0) is 22.0. The molecule has 0 saturated carbocycles. The van der Waals surface area contributed by atoms with Gasteiger partial charge in [0, 0.05) is 24.8 Å². The van der Waals surface area contributed by atoms with Crippen LogP contribution in [0.2, 0.25) is 0 Å². The molecule has 162 valence electrons. The van der Waals surface area contributed by atoms with Gasteiger partial charge in [0.05, 0.1) is 18.1 Å². The quantitative estimate of drug-likeness (QED) is 0.384. The number of hydrogen-bond donors (Lipinski definition) is 4. The lowest BCUT2D eigenvalue weighted by atomic mass is 9.87. The number of rotatable bonds is 13. The Labute approximate surface area is 173 Å². The zero-order valence-electron chi connectivity index (χ0n) is 17.6. The summed E-state index contributed by atoms with van der Waals surface area (Å²) in [4.78, 5) is 37.9. The van der Waals surface area contributed by atoms with Crippen molar-refractivity contribution in [2.24, 2.45) is 29.2 Å². The van der Waals surface area contributed by atoms with E-state index in [4.69, 9.17) is 11.5 Å². The zero-order valence-corrected chi connectivity index (χ0v) is 17.6. The van der Waals surface area contributed by atoms with Gasteiger partial charge in [-0.3, -0.25) is 14.4 Å². The lowest BCUT2D eigenvalue weighted by Crippen LogP contribution is -2.48. The second kappa shape index (κ2) is 12.5. The van der Waals surface area contributed by atoms with Crippen molar-refractivity contribution >= 4 is 17.5 Å². The third-order valence-electron chi connectivity index (χ3n) is 5.09. The summed E-state index contributed by atoms with van der Waals surface area (Å²) >= 11 is 0. The van der Waals surface area contributed by atoms with Crippen LogP contribution < -0.4 is 16.8 Å². The van der Waals surface area contributed by atoms with Crippen molar-refractivity contribution in [3.05, 3.63) is 35.9 Å². The van der Waals surface area contributed by atoms with E-state index in [2.05, 4.69) is 5.32 Å². The number of carbonyl (C=O) groups is 3. The van der Waals surface area contributed by atoms with Crippen molar-refractivity contribution in [3.8, 4) is 0 Å². The molecule has 1 rings (SSSR count). The molecule has 0 aliphatic heterocycles. The molecule has 29 heavy (non-hydrogen) atoms. The Morgan fingerprint density at radius 1 is 1.07 bits per heavy atom. The van der Waals surface area contributed by atoms with E-state index in [1.165, 1.54) is 6.92 Å². The summed E-state index contributed by atoms with van der Waals surface area (Å²) in [5, 5.41) is 12.8. The molecule has 0 spiro atoms. The van der Waals surface area contributed by atoms with Crippen LogP contribution in [0.3, 0.4) is 0 Å². The summed E-state index contributed by atoms with van der Waals surface area (Å²) in [7, 11) is 0. The Morgan fingerprint density at radius 3 is 2.17 bits per heavy atom. The van der Waals surface area contributed by atoms with Gasteiger partial charge in [0.25, 0.3) is 0 Å². The number of aliphatic hydroxyl groups is 1. The highest BCUT2D eigenvalue weighted by Crippen LogP contribution is 2.18. The molecule has 7 nitrogen and oxygen atoms in total. The van der Waals surface area contributed by atoms with E-state index < -0.39 is 29.9 Å². The van der Waals surface area contributed by atoms with Crippen LogP contribution in [0, 0.1) is 17.8 Å². The number of carbonyl (C=O) groups excluding carboxylic acids is 3. The lowest BCUT2D eigenvalue weighted by Gasteiger charge is -2.25. The van der Waals surface area contributed by atoms with Crippen LogP contribution in [0.15, 0.2) is 30.3 Å². The van der Waals surface area contributed by atoms with Gasteiger partial charge in [-0.2, -0.15) is 0 Å². The summed E-state index contributed by atoms with van der Waals surface area (Å²) in [5.41, 5.74) is 12.4. The molecule has 0 aliphatic rings. The first-order valence-corrected chi connectivity index (χ1v) is 10.2. The maximum Gasteiger partial charge on any atom is 0.226 e. The highest BCUT2D eigenvalue weighted by atomic mass is 16.3. The van der Waals surface area contributed by atoms with Gasteiger partial charge in [0.15, 0.2) is 5.78 Å². The maximum absolute atomic E-state index is 12.8. The minimum atomic E-state index is -1.04. The van der Waals surface area contributed by atoms with Crippen LogP contribution in [0.5, 0.6) is 0 Å². The highest BCUT2D eigenvalue weighted by Gasteiger charge is 2.32. The number of nitrogens with two attached hydrogens (primary N) is 2. The Hall–Kier alpha value is -2.09. The smallest absolute Gasteiger partial charge is 0.226 e. The molecule has 7 heteroatoms. The van der Waals surface area contributed by atoms with Crippen molar-refractivity contribution in [1.29, 1.82) is 0 Å². The van der Waals surface area contributed by atoms with Crippen molar-refractivity contribution < 1.29 is 19.5 Å². The molecule has 0 heterocycles. The van der Waals surface area contributed by atoms with E-state index in [9.17, 15) is 19.5 Å². The van der Waals surface area contributed by atoms with Crippen molar-refractivity contribution in [1.82, 2.24) is 5.32 Å². The van der Waals surface area contributed by atoms with Gasteiger partial charge in [-0.1, -0.05) is 44.2 Å². The Kier molecular flexibility index (Phi) is 10.7. The number of hydrogen-bond acceptors (Lipinski definition) is 6. The van der Waals surface area contributed by atoms with E-state index >= 15 is 0 Å². The summed E-state index contributed by atoms with van der Waals surface area (Å²) in [6, 6.07) is 8.80. The van der Waals surface area contributed by atoms with Crippen LogP contribution in [0.25, 0.3) is 0 Å². The predicted octanol–water partition coefficient (Wildman–Crippen LogP) is 0.819. The van der Waals surface area contributed by atoms with Crippen molar-refractivity contribution in [2.45, 2.75) is 52.2 Å². The van der Waals surface area contributed by atoms with Gasteiger partial charge in [0.1, 0.15) is 5.78 Å². The van der Waals surface area contributed by atoms with Crippen molar-refractivity contribution in [2.75, 3.05) is 13.1 Å². The first kappa shape index (κ1) is 24.9. The SMILES string of the molecule is CC(C)C(=O)[C@H](CCN)NC(=O)[C@@H](CC(=O)C(CN)Cc1ccccc1)[C@H](C)O. The number of ketones is 2. The second-order valence-electron chi connectivity index (χ2n) is 7.84. The molecular formula is C22H35N3O4. The third-order valence-corrected chi connectivity index (χ3v) is 5.09. The third kappa shape index (κ3) is 8.04. The fraction of sp³-hybridized carbons (Fsp3) is 0.591. The van der Waals surface area contributed by atoms with Crippen molar-refractivity contribution in [3.63, 3.8) is 0 Å². The first-order chi connectivity index (χ1) is 13.7. The van der Waals surface area contributed by atoms with Gasteiger partial charge in [-0.25, -0.2) is 0 Å². The molecule has 0 fully saturated rings. The summed E-state index contributed by atoms with van der Waals surface area (Å²) in [5.74, 6) is -2.47. The fourth-order valence-electron chi connectivity index (χ4n) is 3.23. The first-order valence-electron chi connectivity index (χ1n) is 10.2. The van der Waals surface area contributed by atoms with Gasteiger partial charge >= 0.3 is 0 Å². The largest absolute Gasteiger partial charge is 0.393 e. The number of benzene rings is 1. The number of Topliss-reactive ketones (excluding diaryl/α,β-unsaturated/α-hetero) is 2. The normalized spacial score (nSPS) is 15.4. The van der Waals surface area contributed by atoms with Crippen LogP contribution in [-0.4, -0.2) is 47.8 Å². The minimum absolute atomic E-state index is 0.122. The molecule has 0 bridgehead atoms. The van der Waals surface area contributed by atoms with Crippen LogP contribution in [-0.2, 0) is 20.8 Å². The van der Waals surface area contributed by atoms with E-state index in [0.29, 0.717) is 12.8 Å². The van der Waals surface area contributed by atoms with Gasteiger partial charge in [-0.05, 0) is 31.9 Å². The lowest BCUT2D eigenvalue weighted by molar-refractivity contribution is -0.136. The summed E-state index contributed by atoms with van der Waals surface area (Å²) in [6.45, 7) is 5.37. The highest BCUT2D eigenvalue weighted by molar-refractivity contribution is 5.93. The van der Waals surface area contributed by atoms with E-state index in [-0.39, 0.29) is 37.0 Å². The fourth-order valence-corrected chi connectivity index (χ4v) is 3.23. The van der Waals surface area contributed by atoms with E-state index in [0.717, 1.165) is 5.56 Å². The monoisotopic (exact) mass is 405 g/mol. The number of nitrogens with one attached hydrogen (secondary N) is 1. The molecule has 0 aliphatic carbocycles. The summed E-state index contributed by atoms with van der Waals surface area (Å²) in [6.07, 6.45) is -0.389. The Balaban J connectivity index is 2.85. The van der Waals surface area contributed by atoms with Crippen LogP contribution >= 0.6 is 0 Å². The molecule has 0 aromatic heterocycles. The molecule has 1 aromatic carbocycles. The molecule has 6 N–H and O–H groups in total. The molecule has 0 saturated heterocycles. The van der Waals surface area contributed by atoms with E-state index in [1.807, 2.05) is 30.3 Å². The Morgan fingerprint density at radius 2 is 1.69 bits per heavy atom. The predicted molar refractivity (Wildman–Crippen MR) is 113 cm³/mol. The molecule has 4 atom stereocenters. The van der Waals surface area contributed by atoms with Gasteiger partial charge in [0.2, 0.25) is 5.91 Å². The molecule has 1 amide bonds. The average Bonchev–Trinajstić information content (AvgIpc) is 2.69. The minimum Gasteiger partial charge on any atom is -0.393 e. The maximum atomic E-state index is 12.8. The number of aliphatic hydroxyl groups excluding tert-OH is 1. The average molecular weight is 406 g/mol.